The van der Waals surface area contributed by atoms with E-state index in [2.05, 4.69) is 21.5 Å². The molecule has 35 heavy (non-hydrogen) atoms. The minimum atomic E-state index is -0.564. The van der Waals surface area contributed by atoms with Crippen LogP contribution in [0.3, 0.4) is 0 Å². The molecule has 0 saturated heterocycles. The normalized spacial score (nSPS) is 10.5. The minimum Gasteiger partial charge on any atom is -0.326 e. The Balaban J connectivity index is 1.56. The summed E-state index contributed by atoms with van der Waals surface area (Å²) in [5.41, 5.74) is 7.66. The number of benzene rings is 3. The van der Waals surface area contributed by atoms with E-state index in [4.69, 9.17) is 12.2 Å². The number of thiocarbonyl (C=S) groups is 1. The van der Waals surface area contributed by atoms with Gasteiger partial charge in [-0.3, -0.25) is 25.2 Å². The number of carbonyl (C=O) groups is 3. The van der Waals surface area contributed by atoms with Crippen LogP contribution < -0.4 is 21.5 Å². The lowest BCUT2D eigenvalue weighted by atomic mass is 9.90. The third kappa shape index (κ3) is 7.75. The number of rotatable bonds is 7. The first kappa shape index (κ1) is 25.6. The van der Waals surface area contributed by atoms with Crippen molar-refractivity contribution in [1.82, 2.24) is 16.2 Å². The van der Waals surface area contributed by atoms with Gasteiger partial charge < -0.3 is 10.6 Å². The molecule has 0 aliphatic carbocycles. The van der Waals surface area contributed by atoms with Gasteiger partial charge in [-0.05, 0) is 53.5 Å². The molecule has 3 amide bonds. The maximum absolute atomic E-state index is 13.1. The summed E-state index contributed by atoms with van der Waals surface area (Å²) in [4.78, 5) is 37.4. The van der Waals surface area contributed by atoms with Crippen molar-refractivity contribution in [3.63, 3.8) is 0 Å². The molecule has 0 radical (unpaired) electrons. The van der Waals surface area contributed by atoms with Crippen molar-refractivity contribution in [2.24, 2.45) is 5.92 Å². The van der Waals surface area contributed by atoms with Crippen LogP contribution in [0.1, 0.15) is 47.7 Å². The Hall–Kier alpha value is -4.04. The van der Waals surface area contributed by atoms with Crippen molar-refractivity contribution in [3.8, 4) is 0 Å². The molecule has 3 aromatic rings. The Morgan fingerprint density at radius 2 is 1.31 bits per heavy atom. The van der Waals surface area contributed by atoms with E-state index in [-0.39, 0.29) is 22.8 Å². The van der Waals surface area contributed by atoms with Gasteiger partial charge >= 0.3 is 0 Å². The maximum Gasteiger partial charge on any atom is 0.269 e. The van der Waals surface area contributed by atoms with Gasteiger partial charge in [0.2, 0.25) is 11.8 Å². The topological polar surface area (TPSA) is 99.3 Å². The molecule has 4 N–H and O–H groups in total. The number of amides is 3. The Morgan fingerprint density at radius 3 is 1.83 bits per heavy atom. The second-order valence-corrected chi connectivity index (χ2v) is 8.78. The molecule has 0 bridgehead atoms. The molecule has 0 heterocycles. The highest BCUT2D eigenvalue weighted by Gasteiger charge is 2.23. The van der Waals surface area contributed by atoms with Crippen LogP contribution in [0.2, 0.25) is 0 Å². The van der Waals surface area contributed by atoms with E-state index in [1.165, 1.54) is 0 Å². The highest BCUT2D eigenvalue weighted by atomic mass is 32.1. The molecule has 3 aromatic carbocycles. The molecule has 0 saturated carbocycles. The van der Waals surface area contributed by atoms with Crippen LogP contribution in [0.15, 0.2) is 84.9 Å². The van der Waals surface area contributed by atoms with Crippen LogP contribution in [-0.2, 0) is 9.59 Å². The lowest BCUT2D eigenvalue weighted by Crippen LogP contribution is -2.49. The smallest absolute Gasteiger partial charge is 0.269 e. The molecule has 180 valence electrons. The molecular weight excluding hydrogens is 460 g/mol. The average Bonchev–Trinajstić information content (AvgIpc) is 2.84. The lowest BCUT2D eigenvalue weighted by molar-refractivity contribution is -0.120. The number of hydrogen-bond acceptors (Lipinski definition) is 4. The summed E-state index contributed by atoms with van der Waals surface area (Å²) in [5, 5.41) is 5.41. The van der Waals surface area contributed by atoms with Gasteiger partial charge in [0.05, 0.1) is 5.92 Å². The predicted octanol–water partition coefficient (Wildman–Crippen LogP) is 4.14. The fourth-order valence-corrected chi connectivity index (χ4v) is 3.63. The van der Waals surface area contributed by atoms with Crippen LogP contribution in [0, 0.1) is 5.92 Å². The Kier molecular flexibility index (Phi) is 9.09. The quantitative estimate of drug-likeness (QED) is 0.296. The van der Waals surface area contributed by atoms with Crippen LogP contribution in [-0.4, -0.2) is 22.8 Å². The van der Waals surface area contributed by atoms with Crippen LogP contribution >= 0.6 is 12.2 Å². The van der Waals surface area contributed by atoms with Crippen molar-refractivity contribution in [2.45, 2.75) is 26.2 Å². The van der Waals surface area contributed by atoms with E-state index in [0.717, 1.165) is 11.1 Å². The maximum atomic E-state index is 13.1. The second-order valence-electron chi connectivity index (χ2n) is 8.38. The Bertz CT molecular complexity index is 1130. The minimum absolute atomic E-state index is 0.0298. The monoisotopic (exact) mass is 488 g/mol. The van der Waals surface area contributed by atoms with Gasteiger partial charge in [-0.1, -0.05) is 74.5 Å². The molecular formula is C27H28N4O3S. The van der Waals surface area contributed by atoms with E-state index in [9.17, 15) is 14.4 Å². The van der Waals surface area contributed by atoms with E-state index < -0.39 is 11.8 Å². The summed E-state index contributed by atoms with van der Waals surface area (Å²) in [7, 11) is 0. The number of carbonyl (C=O) groups excluding carboxylic acids is 3. The summed E-state index contributed by atoms with van der Waals surface area (Å²) in [6.45, 7) is 3.94. The molecule has 0 fully saturated rings. The first-order valence-corrected chi connectivity index (χ1v) is 11.7. The van der Waals surface area contributed by atoms with Crippen molar-refractivity contribution < 1.29 is 14.4 Å². The zero-order chi connectivity index (χ0) is 25.2. The fraction of sp³-hybridized carbons (Fsp3) is 0.185. The first-order chi connectivity index (χ1) is 16.8. The van der Waals surface area contributed by atoms with Crippen molar-refractivity contribution in [2.75, 3.05) is 5.32 Å². The van der Waals surface area contributed by atoms with Crippen LogP contribution in [0.4, 0.5) is 5.69 Å². The molecule has 0 atom stereocenters. The third-order valence-electron chi connectivity index (χ3n) is 5.08. The Labute approximate surface area is 210 Å². The van der Waals surface area contributed by atoms with Crippen molar-refractivity contribution >= 4 is 40.7 Å². The first-order valence-electron chi connectivity index (χ1n) is 11.2. The van der Waals surface area contributed by atoms with Crippen LogP contribution in [0.25, 0.3) is 0 Å². The average molecular weight is 489 g/mol. The number of hydrogen-bond donors (Lipinski definition) is 4. The number of nitrogens with one attached hydrogen (secondary N) is 4. The molecule has 8 heteroatoms. The largest absolute Gasteiger partial charge is 0.326 e. The van der Waals surface area contributed by atoms with Gasteiger partial charge in [-0.2, -0.15) is 0 Å². The summed E-state index contributed by atoms with van der Waals surface area (Å²) in [5.74, 6) is -1.15. The highest BCUT2D eigenvalue weighted by Crippen LogP contribution is 2.24. The molecule has 0 aromatic heterocycles. The zero-order valence-electron chi connectivity index (χ0n) is 19.6. The highest BCUT2D eigenvalue weighted by molar-refractivity contribution is 7.80. The summed E-state index contributed by atoms with van der Waals surface area (Å²) in [6, 6.07) is 25.3. The standard InChI is InChI=1S/C27H28N4O3S/c1-18(2)17-23(32)28-22-15-13-21(14-16-22)25(33)30-31-27(35)29-26(34)24(19-9-5-3-6-10-19)20-11-7-4-8-12-20/h3-16,18,24H,17H2,1-2H3,(H,28,32)(H,30,33)(H2,29,31,34,35). The summed E-state index contributed by atoms with van der Waals surface area (Å²) < 4.78 is 0. The van der Waals surface area contributed by atoms with Gasteiger partial charge in [0.15, 0.2) is 5.11 Å². The van der Waals surface area contributed by atoms with Gasteiger partial charge in [0, 0.05) is 17.7 Å². The molecule has 7 nitrogen and oxygen atoms in total. The predicted molar refractivity (Wildman–Crippen MR) is 141 cm³/mol. The van der Waals surface area contributed by atoms with Gasteiger partial charge in [-0.25, -0.2) is 0 Å². The number of anilines is 1. The lowest BCUT2D eigenvalue weighted by Gasteiger charge is -2.19. The van der Waals surface area contributed by atoms with Gasteiger partial charge in [0.1, 0.15) is 0 Å². The molecule has 0 unspecified atom stereocenters. The van der Waals surface area contributed by atoms with Crippen molar-refractivity contribution in [3.05, 3.63) is 102 Å². The summed E-state index contributed by atoms with van der Waals surface area (Å²) in [6.07, 6.45) is 0.421. The Morgan fingerprint density at radius 1 is 0.771 bits per heavy atom. The summed E-state index contributed by atoms with van der Waals surface area (Å²) >= 11 is 5.21. The molecule has 0 aliphatic heterocycles. The molecule has 0 spiro atoms. The van der Waals surface area contributed by atoms with E-state index >= 15 is 0 Å². The van der Waals surface area contributed by atoms with E-state index in [1.807, 2.05) is 74.5 Å². The van der Waals surface area contributed by atoms with Crippen LogP contribution in [0.5, 0.6) is 0 Å². The van der Waals surface area contributed by atoms with E-state index in [1.54, 1.807) is 24.3 Å². The van der Waals surface area contributed by atoms with E-state index in [0.29, 0.717) is 17.7 Å². The zero-order valence-corrected chi connectivity index (χ0v) is 20.4. The molecule has 0 aliphatic rings. The number of hydrazine groups is 1. The fourth-order valence-electron chi connectivity index (χ4n) is 3.47. The second kappa shape index (κ2) is 12.4. The van der Waals surface area contributed by atoms with Gasteiger partial charge in [0.25, 0.3) is 5.91 Å². The molecule has 3 rings (SSSR count). The third-order valence-corrected chi connectivity index (χ3v) is 5.28. The van der Waals surface area contributed by atoms with Gasteiger partial charge in [-0.15, -0.1) is 0 Å². The van der Waals surface area contributed by atoms with Crippen molar-refractivity contribution in [1.29, 1.82) is 0 Å². The SMILES string of the molecule is CC(C)CC(=O)Nc1ccc(C(=O)NNC(=S)NC(=O)C(c2ccccc2)c2ccccc2)cc1.